The van der Waals surface area contributed by atoms with Crippen LogP contribution in [0.25, 0.3) is 0 Å². The molecule has 0 aliphatic carbocycles. The van der Waals surface area contributed by atoms with E-state index in [0.29, 0.717) is 5.82 Å². The summed E-state index contributed by atoms with van der Waals surface area (Å²) in [5.41, 5.74) is 1.78. The number of benzene rings is 2. The molecule has 1 N–H and O–H groups in total. The monoisotopic (exact) mass is 377 g/mol. The summed E-state index contributed by atoms with van der Waals surface area (Å²) in [7, 11) is 0. The van der Waals surface area contributed by atoms with Gasteiger partial charge >= 0.3 is 0 Å². The standard InChI is InChI=1S/C22H23N3O3/c1-16(2)25(15-20(26)23-19-13-14-28-24-19)22(27)21(17-9-5-3-6-10-17)18-11-7-4-8-12-18/h3-14,16,21H,15H2,1-2H3,(H,23,24,26). The molecule has 6 nitrogen and oxygen atoms in total. The van der Waals surface area contributed by atoms with Crippen LogP contribution in [0.2, 0.25) is 0 Å². The molecule has 28 heavy (non-hydrogen) atoms. The number of amides is 2. The van der Waals surface area contributed by atoms with Crippen LogP contribution in [-0.4, -0.2) is 34.5 Å². The zero-order valence-electron chi connectivity index (χ0n) is 15.9. The second-order valence-corrected chi connectivity index (χ2v) is 6.75. The minimum atomic E-state index is -0.482. The SMILES string of the molecule is CC(C)N(CC(=O)Nc1ccon1)C(=O)C(c1ccccc1)c1ccccc1. The van der Waals surface area contributed by atoms with Crippen molar-refractivity contribution in [2.75, 3.05) is 11.9 Å². The van der Waals surface area contributed by atoms with Gasteiger partial charge in [-0.05, 0) is 25.0 Å². The lowest BCUT2D eigenvalue weighted by atomic mass is 9.89. The Balaban J connectivity index is 1.87. The lowest BCUT2D eigenvalue weighted by Crippen LogP contribution is -2.45. The third-order valence-corrected chi connectivity index (χ3v) is 4.44. The molecule has 0 fully saturated rings. The van der Waals surface area contributed by atoms with Crippen LogP contribution in [0.4, 0.5) is 5.82 Å². The maximum absolute atomic E-state index is 13.5. The molecule has 0 saturated heterocycles. The van der Waals surface area contributed by atoms with Crippen molar-refractivity contribution in [3.63, 3.8) is 0 Å². The van der Waals surface area contributed by atoms with Gasteiger partial charge in [-0.3, -0.25) is 9.59 Å². The lowest BCUT2D eigenvalue weighted by molar-refractivity contribution is -0.137. The topological polar surface area (TPSA) is 75.4 Å². The molecule has 0 bridgehead atoms. The fourth-order valence-corrected chi connectivity index (χ4v) is 3.06. The van der Waals surface area contributed by atoms with Gasteiger partial charge in [0.25, 0.3) is 0 Å². The summed E-state index contributed by atoms with van der Waals surface area (Å²) in [5.74, 6) is -0.605. The first-order chi connectivity index (χ1) is 13.6. The molecule has 3 aromatic rings. The third-order valence-electron chi connectivity index (χ3n) is 4.44. The predicted octanol–water partition coefficient (Wildman–Crippen LogP) is 3.68. The van der Waals surface area contributed by atoms with Gasteiger partial charge in [-0.25, -0.2) is 0 Å². The van der Waals surface area contributed by atoms with Crippen molar-refractivity contribution >= 4 is 17.6 Å². The molecule has 6 heteroatoms. The first-order valence-electron chi connectivity index (χ1n) is 9.17. The first kappa shape index (κ1) is 19.4. The number of rotatable bonds is 7. The molecule has 1 aromatic heterocycles. The zero-order valence-corrected chi connectivity index (χ0v) is 15.9. The van der Waals surface area contributed by atoms with E-state index in [0.717, 1.165) is 11.1 Å². The van der Waals surface area contributed by atoms with E-state index in [2.05, 4.69) is 10.5 Å². The first-order valence-corrected chi connectivity index (χ1v) is 9.17. The van der Waals surface area contributed by atoms with Crippen molar-refractivity contribution in [2.45, 2.75) is 25.8 Å². The Bertz CT molecular complexity index is 854. The summed E-state index contributed by atoms with van der Waals surface area (Å²) in [6, 6.07) is 20.6. The summed E-state index contributed by atoms with van der Waals surface area (Å²) in [5, 5.41) is 6.32. The molecule has 0 radical (unpaired) electrons. The summed E-state index contributed by atoms with van der Waals surface area (Å²) in [6.45, 7) is 3.72. The molecule has 0 atom stereocenters. The molecule has 0 aliphatic heterocycles. The van der Waals surface area contributed by atoms with Gasteiger partial charge < -0.3 is 14.7 Å². The van der Waals surface area contributed by atoms with Crippen molar-refractivity contribution < 1.29 is 14.1 Å². The average Bonchev–Trinajstić information content (AvgIpc) is 3.20. The maximum atomic E-state index is 13.5. The van der Waals surface area contributed by atoms with E-state index in [-0.39, 0.29) is 24.4 Å². The highest BCUT2D eigenvalue weighted by atomic mass is 16.5. The molecular formula is C22H23N3O3. The molecule has 0 aliphatic rings. The quantitative estimate of drug-likeness (QED) is 0.681. The molecular weight excluding hydrogens is 354 g/mol. The number of nitrogens with one attached hydrogen (secondary N) is 1. The van der Waals surface area contributed by atoms with Crippen LogP contribution in [0.1, 0.15) is 30.9 Å². The fraction of sp³-hybridized carbons (Fsp3) is 0.227. The molecule has 2 aromatic carbocycles. The number of anilines is 1. The van der Waals surface area contributed by atoms with Crippen molar-refractivity contribution in [3.8, 4) is 0 Å². The van der Waals surface area contributed by atoms with E-state index in [1.54, 1.807) is 11.0 Å². The number of carbonyl (C=O) groups is 2. The molecule has 0 spiro atoms. The van der Waals surface area contributed by atoms with Gasteiger partial charge in [-0.2, -0.15) is 0 Å². The zero-order chi connectivity index (χ0) is 19.9. The highest BCUT2D eigenvalue weighted by molar-refractivity contribution is 5.95. The van der Waals surface area contributed by atoms with E-state index < -0.39 is 5.92 Å². The van der Waals surface area contributed by atoms with Crippen molar-refractivity contribution in [1.82, 2.24) is 10.1 Å². The van der Waals surface area contributed by atoms with Gasteiger partial charge in [0.2, 0.25) is 11.8 Å². The van der Waals surface area contributed by atoms with E-state index in [4.69, 9.17) is 4.52 Å². The Morgan fingerprint density at radius 1 is 0.964 bits per heavy atom. The predicted molar refractivity (Wildman–Crippen MR) is 107 cm³/mol. The average molecular weight is 377 g/mol. The molecule has 2 amide bonds. The lowest BCUT2D eigenvalue weighted by Gasteiger charge is -2.30. The Labute approximate surface area is 164 Å². The van der Waals surface area contributed by atoms with Crippen LogP contribution in [0.3, 0.4) is 0 Å². The minimum Gasteiger partial charge on any atom is -0.363 e. The van der Waals surface area contributed by atoms with Gasteiger partial charge in [0.15, 0.2) is 5.82 Å². The van der Waals surface area contributed by atoms with Crippen LogP contribution >= 0.6 is 0 Å². The highest BCUT2D eigenvalue weighted by Crippen LogP contribution is 2.27. The van der Waals surface area contributed by atoms with E-state index in [1.807, 2.05) is 74.5 Å². The molecule has 1 heterocycles. The second-order valence-electron chi connectivity index (χ2n) is 6.75. The van der Waals surface area contributed by atoms with E-state index in [9.17, 15) is 9.59 Å². The summed E-state index contributed by atoms with van der Waals surface area (Å²) >= 11 is 0. The third kappa shape index (κ3) is 4.65. The van der Waals surface area contributed by atoms with Crippen LogP contribution in [0.15, 0.2) is 77.5 Å². The van der Waals surface area contributed by atoms with E-state index >= 15 is 0 Å². The van der Waals surface area contributed by atoms with Crippen molar-refractivity contribution in [2.24, 2.45) is 0 Å². The minimum absolute atomic E-state index is 0.0699. The van der Waals surface area contributed by atoms with E-state index in [1.165, 1.54) is 6.26 Å². The van der Waals surface area contributed by atoms with Crippen LogP contribution in [0, 0.1) is 0 Å². The smallest absolute Gasteiger partial charge is 0.245 e. The van der Waals surface area contributed by atoms with Crippen molar-refractivity contribution in [1.29, 1.82) is 0 Å². The van der Waals surface area contributed by atoms with Gasteiger partial charge in [0.1, 0.15) is 12.8 Å². The number of hydrogen-bond acceptors (Lipinski definition) is 4. The number of carbonyl (C=O) groups excluding carboxylic acids is 2. The summed E-state index contributed by atoms with van der Waals surface area (Å²) in [6.07, 6.45) is 1.38. The fourth-order valence-electron chi connectivity index (χ4n) is 3.06. The van der Waals surface area contributed by atoms with Gasteiger partial charge in [-0.15, -0.1) is 0 Å². The molecule has 3 rings (SSSR count). The number of nitrogens with zero attached hydrogens (tertiary/aromatic N) is 2. The Morgan fingerprint density at radius 2 is 1.54 bits per heavy atom. The van der Waals surface area contributed by atoms with Crippen LogP contribution in [-0.2, 0) is 9.59 Å². The highest BCUT2D eigenvalue weighted by Gasteiger charge is 2.30. The molecule has 144 valence electrons. The normalized spacial score (nSPS) is 10.9. The number of hydrogen-bond donors (Lipinski definition) is 1. The van der Waals surface area contributed by atoms with Gasteiger partial charge in [0, 0.05) is 12.1 Å². The Hall–Kier alpha value is -3.41. The van der Waals surface area contributed by atoms with Crippen molar-refractivity contribution in [3.05, 3.63) is 84.1 Å². The second kappa shape index (κ2) is 8.99. The van der Waals surface area contributed by atoms with Gasteiger partial charge in [-0.1, -0.05) is 65.8 Å². The molecule has 0 unspecified atom stereocenters. The van der Waals surface area contributed by atoms with Crippen LogP contribution < -0.4 is 5.32 Å². The number of aromatic nitrogens is 1. The van der Waals surface area contributed by atoms with Crippen LogP contribution in [0.5, 0.6) is 0 Å². The Morgan fingerprint density at radius 3 is 2.00 bits per heavy atom. The maximum Gasteiger partial charge on any atom is 0.245 e. The summed E-state index contributed by atoms with van der Waals surface area (Å²) < 4.78 is 4.72. The Kier molecular flexibility index (Phi) is 6.22. The largest absolute Gasteiger partial charge is 0.363 e. The molecule has 0 saturated carbocycles. The summed E-state index contributed by atoms with van der Waals surface area (Å²) in [4.78, 5) is 27.6. The van der Waals surface area contributed by atoms with Gasteiger partial charge in [0.05, 0.1) is 5.92 Å².